The molecule has 5 aliphatic rings. The molecule has 4 aliphatic heterocycles. The van der Waals surface area contributed by atoms with Crippen molar-refractivity contribution in [2.45, 2.75) is 69.5 Å². The third-order valence-corrected chi connectivity index (χ3v) is 12.3. The summed E-state index contributed by atoms with van der Waals surface area (Å²) in [5.74, 6) is -1.93. The maximum atomic E-state index is 13.8. The Morgan fingerprint density at radius 3 is 2.37 bits per heavy atom. The number of hydrazine groups is 1. The number of anilines is 2. The van der Waals surface area contributed by atoms with Crippen LogP contribution in [0.1, 0.15) is 77.6 Å². The number of imide groups is 2. The summed E-state index contributed by atoms with van der Waals surface area (Å²) in [6.07, 6.45) is 6.43. The van der Waals surface area contributed by atoms with E-state index in [4.69, 9.17) is 10.2 Å². The number of hydrogen-bond acceptors (Lipinski definition) is 12. The molecule has 3 aromatic rings. The van der Waals surface area contributed by atoms with Crippen molar-refractivity contribution in [3.63, 3.8) is 0 Å². The normalized spacial score (nSPS) is 21.4. The van der Waals surface area contributed by atoms with E-state index >= 15 is 0 Å². The van der Waals surface area contributed by atoms with E-state index in [1.54, 1.807) is 24.3 Å². The van der Waals surface area contributed by atoms with E-state index in [1.807, 2.05) is 33.5 Å². The van der Waals surface area contributed by atoms with Gasteiger partial charge in [-0.1, -0.05) is 31.0 Å². The van der Waals surface area contributed by atoms with Gasteiger partial charge in [-0.2, -0.15) is 5.26 Å². The van der Waals surface area contributed by atoms with Crippen LogP contribution in [0.4, 0.5) is 10.8 Å². The number of piperidine rings is 2. The highest BCUT2D eigenvalue weighted by Gasteiger charge is 2.46. The Labute approximate surface area is 317 Å². The number of aromatic nitrogens is 1. The molecular weight excluding hydrogens is 707 g/mol. The van der Waals surface area contributed by atoms with Gasteiger partial charge >= 0.3 is 0 Å². The highest BCUT2D eigenvalue weighted by Crippen LogP contribution is 2.36. The van der Waals surface area contributed by atoms with Crippen molar-refractivity contribution in [2.75, 3.05) is 55.7 Å². The lowest BCUT2D eigenvalue weighted by atomic mass is 9.99. The summed E-state index contributed by atoms with van der Waals surface area (Å²) in [5.41, 5.74) is 7.28. The van der Waals surface area contributed by atoms with Crippen molar-refractivity contribution in [1.29, 1.82) is 5.26 Å². The van der Waals surface area contributed by atoms with E-state index in [-0.39, 0.29) is 25.3 Å². The number of carbonyl (C=O) groups excluding carboxylic acids is 5. The first-order valence-corrected chi connectivity index (χ1v) is 19.8. The molecule has 1 saturated carbocycles. The van der Waals surface area contributed by atoms with Crippen LogP contribution in [0.3, 0.4) is 0 Å². The van der Waals surface area contributed by atoms with E-state index in [9.17, 15) is 24.0 Å². The topological polar surface area (TPSA) is 162 Å². The third-order valence-electron chi connectivity index (χ3n) is 11.5. The SMILES string of the molecule is N#Cc1ccc(-c2csc(N(CC(=O)N3CCN(C4CCN(c5cccc6c5C(=O)N(C5CCC(=O)NC5=O)C6=O)CC4)CC3)NC3CCCC3)n2)cc1. The molecule has 0 spiro atoms. The van der Waals surface area contributed by atoms with Crippen LogP contribution in [-0.2, 0) is 14.4 Å². The Bertz CT molecular complexity index is 1990. The van der Waals surface area contributed by atoms with E-state index in [2.05, 4.69) is 26.6 Å². The van der Waals surface area contributed by atoms with Crippen molar-refractivity contribution in [2.24, 2.45) is 0 Å². The molecule has 4 fully saturated rings. The van der Waals surface area contributed by atoms with Gasteiger partial charge in [0.1, 0.15) is 12.6 Å². The zero-order valence-corrected chi connectivity index (χ0v) is 30.9. The number of hydrogen-bond donors (Lipinski definition) is 2. The second-order valence-electron chi connectivity index (χ2n) is 14.7. The second kappa shape index (κ2) is 15.3. The van der Waals surface area contributed by atoms with Crippen molar-refractivity contribution in [3.8, 4) is 17.3 Å². The molecule has 5 amide bonds. The monoisotopic (exact) mass is 749 g/mol. The zero-order valence-electron chi connectivity index (χ0n) is 30.0. The molecule has 15 heteroatoms. The average molecular weight is 750 g/mol. The first kappa shape index (κ1) is 35.8. The first-order chi connectivity index (χ1) is 26.3. The molecule has 1 aromatic heterocycles. The van der Waals surface area contributed by atoms with Gasteiger partial charge in [-0.05, 0) is 56.4 Å². The summed E-state index contributed by atoms with van der Waals surface area (Å²) in [6, 6.07) is 14.5. The number of thiazole rings is 1. The number of nitriles is 1. The molecule has 1 aliphatic carbocycles. The van der Waals surface area contributed by atoms with Crippen LogP contribution >= 0.6 is 11.3 Å². The second-order valence-corrected chi connectivity index (χ2v) is 15.5. The number of benzene rings is 2. The Balaban J connectivity index is 0.865. The first-order valence-electron chi connectivity index (χ1n) is 18.9. The number of nitrogens with one attached hydrogen (secondary N) is 2. The van der Waals surface area contributed by atoms with Crippen LogP contribution in [-0.4, -0.2) is 113 Å². The quantitative estimate of drug-likeness (QED) is 0.244. The Morgan fingerprint density at radius 1 is 0.926 bits per heavy atom. The van der Waals surface area contributed by atoms with E-state index < -0.39 is 29.7 Å². The van der Waals surface area contributed by atoms with Gasteiger partial charge in [-0.3, -0.25) is 44.1 Å². The molecule has 1 atom stereocenters. The van der Waals surface area contributed by atoms with Crippen LogP contribution in [0.5, 0.6) is 0 Å². The summed E-state index contributed by atoms with van der Waals surface area (Å²) < 4.78 is 0. The number of piperazine rings is 1. The van der Waals surface area contributed by atoms with Crippen molar-refractivity contribution >= 4 is 51.7 Å². The fourth-order valence-corrected chi connectivity index (χ4v) is 9.29. The van der Waals surface area contributed by atoms with Crippen molar-refractivity contribution in [3.05, 3.63) is 64.5 Å². The van der Waals surface area contributed by atoms with Gasteiger partial charge < -0.3 is 9.80 Å². The summed E-state index contributed by atoms with van der Waals surface area (Å²) >= 11 is 1.50. The molecule has 3 saturated heterocycles. The minimum absolute atomic E-state index is 0.0635. The smallest absolute Gasteiger partial charge is 0.264 e. The molecule has 0 bridgehead atoms. The lowest BCUT2D eigenvalue weighted by Gasteiger charge is -2.43. The van der Waals surface area contributed by atoms with Crippen LogP contribution in [0, 0.1) is 11.3 Å². The fourth-order valence-electron chi connectivity index (χ4n) is 8.48. The van der Waals surface area contributed by atoms with Gasteiger partial charge in [0.15, 0.2) is 0 Å². The molecule has 1 unspecified atom stereocenters. The number of fused-ring (bicyclic) bond motifs is 1. The predicted molar refractivity (Wildman–Crippen MR) is 202 cm³/mol. The largest absolute Gasteiger partial charge is 0.371 e. The molecule has 2 aromatic carbocycles. The fraction of sp³-hybridized carbons (Fsp3) is 0.462. The van der Waals surface area contributed by atoms with Gasteiger partial charge in [0.2, 0.25) is 22.9 Å². The van der Waals surface area contributed by atoms with Crippen LogP contribution in [0.15, 0.2) is 47.8 Å². The molecule has 280 valence electrons. The third kappa shape index (κ3) is 7.08. The summed E-state index contributed by atoms with van der Waals surface area (Å²) in [4.78, 5) is 77.5. The predicted octanol–water partition coefficient (Wildman–Crippen LogP) is 3.15. The van der Waals surface area contributed by atoms with Crippen molar-refractivity contribution < 1.29 is 24.0 Å². The maximum Gasteiger partial charge on any atom is 0.264 e. The minimum atomic E-state index is -0.994. The standard InChI is InChI=1S/C39H43N9O5S/c40-22-25-8-10-26(11-9-25)30-24-54-39(41-30)47(43-27-4-1-2-5-27)23-34(50)46-20-18-44(19-21-46)28-14-16-45(17-15-28)31-7-3-6-29-35(31)38(53)48(37(29)52)32-12-13-33(49)42-36(32)51/h3,6-11,24,27-28,32,43H,1-2,4-5,12-21,23H2,(H,42,49,51). The summed E-state index contributed by atoms with van der Waals surface area (Å²) in [7, 11) is 0. The molecule has 0 radical (unpaired) electrons. The highest BCUT2D eigenvalue weighted by atomic mass is 32.1. The lowest BCUT2D eigenvalue weighted by molar-refractivity contribution is -0.136. The number of carbonyl (C=O) groups is 5. The van der Waals surface area contributed by atoms with Gasteiger partial charge in [0.25, 0.3) is 11.8 Å². The van der Waals surface area contributed by atoms with E-state index in [1.165, 1.54) is 24.2 Å². The van der Waals surface area contributed by atoms with Gasteiger partial charge in [-0.25, -0.2) is 10.4 Å². The molecule has 2 N–H and O–H groups in total. The van der Waals surface area contributed by atoms with Crippen LogP contribution in [0.25, 0.3) is 11.3 Å². The Kier molecular flexibility index (Phi) is 10.1. The highest BCUT2D eigenvalue weighted by molar-refractivity contribution is 7.14. The number of amides is 5. The molecule has 14 nitrogen and oxygen atoms in total. The summed E-state index contributed by atoms with van der Waals surface area (Å²) in [5, 5.41) is 16.1. The van der Waals surface area contributed by atoms with Crippen molar-refractivity contribution in [1.82, 2.24) is 30.4 Å². The summed E-state index contributed by atoms with van der Waals surface area (Å²) in [6.45, 7) is 4.45. The van der Waals surface area contributed by atoms with E-state index in [0.29, 0.717) is 60.6 Å². The van der Waals surface area contributed by atoms with E-state index in [0.717, 1.165) is 60.1 Å². The van der Waals surface area contributed by atoms with Gasteiger partial charge in [-0.15, -0.1) is 11.3 Å². The van der Waals surface area contributed by atoms with Gasteiger partial charge in [0.05, 0.1) is 34.1 Å². The number of nitrogens with zero attached hydrogens (tertiary/aromatic N) is 7. The van der Waals surface area contributed by atoms with Crippen LogP contribution in [0.2, 0.25) is 0 Å². The number of rotatable bonds is 9. The lowest BCUT2D eigenvalue weighted by Crippen LogP contribution is -2.57. The Hall–Kier alpha value is -5.17. The zero-order chi connectivity index (χ0) is 37.3. The molecule has 8 rings (SSSR count). The molecule has 54 heavy (non-hydrogen) atoms. The average Bonchev–Trinajstić information content (AvgIpc) is 3.96. The molecular formula is C39H43N9O5S. The van der Waals surface area contributed by atoms with Crippen LogP contribution < -0.4 is 20.7 Å². The van der Waals surface area contributed by atoms with Gasteiger partial charge in [0, 0.05) is 68.7 Å². The minimum Gasteiger partial charge on any atom is -0.371 e. The molecule has 5 heterocycles. The Morgan fingerprint density at radius 2 is 1.67 bits per heavy atom. The maximum absolute atomic E-state index is 13.8.